The van der Waals surface area contributed by atoms with Crippen LogP contribution in [0.2, 0.25) is 5.02 Å². The molecule has 1 rings (SSSR count). The third-order valence-corrected chi connectivity index (χ3v) is 3.15. The van der Waals surface area contributed by atoms with E-state index in [0.717, 1.165) is 0 Å². The Morgan fingerprint density at radius 2 is 2.11 bits per heavy atom. The summed E-state index contributed by atoms with van der Waals surface area (Å²) in [5, 5.41) is 11.8. The predicted molar refractivity (Wildman–Crippen MR) is 74.9 cm³/mol. The summed E-state index contributed by atoms with van der Waals surface area (Å²) in [6.45, 7) is 2.31. The van der Waals surface area contributed by atoms with E-state index in [1.54, 1.807) is 20.2 Å². The van der Waals surface area contributed by atoms with Gasteiger partial charge < -0.3 is 15.3 Å². The minimum atomic E-state index is -1.02. The van der Waals surface area contributed by atoms with Gasteiger partial charge in [0.1, 0.15) is 0 Å². The Balaban J connectivity index is 2.85. The van der Waals surface area contributed by atoms with Gasteiger partial charge in [-0.05, 0) is 18.2 Å². The molecule has 0 aliphatic carbocycles. The summed E-state index contributed by atoms with van der Waals surface area (Å²) in [5.41, 5.74) is 0.837. The van der Waals surface area contributed by atoms with Crippen molar-refractivity contribution in [1.82, 2.24) is 5.32 Å². The summed E-state index contributed by atoms with van der Waals surface area (Å²) in [5.74, 6) is -1.26. The molecule has 0 spiro atoms. The molecule has 5 nitrogen and oxygen atoms in total. The number of amides is 1. The Hall–Kier alpha value is -1.75. The lowest BCUT2D eigenvalue weighted by Crippen LogP contribution is -2.34. The highest BCUT2D eigenvalue weighted by Gasteiger charge is 2.16. The number of halogens is 1. The SMILES string of the molecule is CNC(=O)C(C)CN(C)c1ccc(C(=O)O)cc1Cl. The molecule has 0 fully saturated rings. The molecule has 0 heterocycles. The van der Waals surface area contributed by atoms with Crippen molar-refractivity contribution >= 4 is 29.2 Å². The first-order valence-corrected chi connectivity index (χ1v) is 6.20. The number of carbonyl (C=O) groups excluding carboxylic acids is 1. The molecular formula is C13H17ClN2O3. The zero-order valence-corrected chi connectivity index (χ0v) is 11.9. The molecule has 0 bridgehead atoms. The van der Waals surface area contributed by atoms with Crippen LogP contribution >= 0.6 is 11.6 Å². The molecule has 6 heteroatoms. The van der Waals surface area contributed by atoms with E-state index in [4.69, 9.17) is 16.7 Å². The van der Waals surface area contributed by atoms with Crippen molar-refractivity contribution in [3.63, 3.8) is 0 Å². The number of carboxylic acid groups (broad SMARTS) is 1. The fraction of sp³-hybridized carbons (Fsp3) is 0.385. The van der Waals surface area contributed by atoms with Gasteiger partial charge in [-0.25, -0.2) is 4.79 Å². The van der Waals surface area contributed by atoms with E-state index in [2.05, 4.69) is 5.32 Å². The zero-order valence-electron chi connectivity index (χ0n) is 11.1. The lowest BCUT2D eigenvalue weighted by Gasteiger charge is -2.23. The molecule has 1 atom stereocenters. The lowest BCUT2D eigenvalue weighted by atomic mass is 10.1. The van der Waals surface area contributed by atoms with Crippen LogP contribution in [0.1, 0.15) is 17.3 Å². The summed E-state index contributed by atoms with van der Waals surface area (Å²) in [6, 6.07) is 4.53. The molecule has 0 aliphatic heterocycles. The highest BCUT2D eigenvalue weighted by Crippen LogP contribution is 2.26. The molecule has 0 radical (unpaired) electrons. The largest absolute Gasteiger partial charge is 0.478 e. The maximum atomic E-state index is 11.5. The molecule has 1 unspecified atom stereocenters. The number of benzene rings is 1. The van der Waals surface area contributed by atoms with E-state index >= 15 is 0 Å². The number of hydrogen-bond donors (Lipinski definition) is 2. The summed E-state index contributed by atoms with van der Waals surface area (Å²) in [7, 11) is 3.40. The van der Waals surface area contributed by atoms with Gasteiger partial charge in [0.15, 0.2) is 0 Å². The van der Waals surface area contributed by atoms with E-state index in [1.807, 2.05) is 11.8 Å². The normalized spacial score (nSPS) is 11.8. The van der Waals surface area contributed by atoms with Crippen LogP contribution in [0.3, 0.4) is 0 Å². The highest BCUT2D eigenvalue weighted by atomic mass is 35.5. The van der Waals surface area contributed by atoms with Crippen molar-refractivity contribution in [3.05, 3.63) is 28.8 Å². The number of carbonyl (C=O) groups is 2. The molecule has 1 aromatic carbocycles. The number of anilines is 1. The van der Waals surface area contributed by atoms with Crippen molar-refractivity contribution in [2.24, 2.45) is 5.92 Å². The molecular weight excluding hydrogens is 268 g/mol. The highest BCUT2D eigenvalue weighted by molar-refractivity contribution is 6.33. The van der Waals surface area contributed by atoms with E-state index < -0.39 is 5.97 Å². The van der Waals surface area contributed by atoms with E-state index in [0.29, 0.717) is 17.3 Å². The summed E-state index contributed by atoms with van der Waals surface area (Å²) < 4.78 is 0. The molecule has 1 aromatic rings. The van der Waals surface area contributed by atoms with Gasteiger partial charge >= 0.3 is 5.97 Å². The van der Waals surface area contributed by atoms with Gasteiger partial charge in [-0.2, -0.15) is 0 Å². The Morgan fingerprint density at radius 1 is 1.47 bits per heavy atom. The van der Waals surface area contributed by atoms with Gasteiger partial charge in [0, 0.05) is 20.6 Å². The quantitative estimate of drug-likeness (QED) is 0.866. The first-order valence-electron chi connectivity index (χ1n) is 5.82. The number of hydrogen-bond acceptors (Lipinski definition) is 3. The molecule has 0 aromatic heterocycles. The molecule has 0 saturated carbocycles. The standard InChI is InChI=1S/C13H17ClN2O3/c1-8(12(17)15-2)7-16(3)11-5-4-9(13(18)19)6-10(11)14/h4-6,8H,7H2,1-3H3,(H,15,17)(H,18,19). The monoisotopic (exact) mass is 284 g/mol. The van der Waals surface area contributed by atoms with Crippen molar-refractivity contribution in [2.75, 3.05) is 25.5 Å². The second-order valence-electron chi connectivity index (χ2n) is 4.37. The summed E-state index contributed by atoms with van der Waals surface area (Å²) >= 11 is 6.06. The van der Waals surface area contributed by atoms with Crippen LogP contribution in [-0.2, 0) is 4.79 Å². The second-order valence-corrected chi connectivity index (χ2v) is 4.77. The van der Waals surface area contributed by atoms with Gasteiger partial charge in [-0.1, -0.05) is 18.5 Å². The number of nitrogens with zero attached hydrogens (tertiary/aromatic N) is 1. The van der Waals surface area contributed by atoms with E-state index in [1.165, 1.54) is 12.1 Å². The smallest absolute Gasteiger partial charge is 0.335 e. The zero-order chi connectivity index (χ0) is 14.6. The van der Waals surface area contributed by atoms with Crippen LogP contribution in [0.4, 0.5) is 5.69 Å². The first-order chi connectivity index (χ1) is 8.86. The van der Waals surface area contributed by atoms with Crippen LogP contribution in [0.5, 0.6) is 0 Å². The molecule has 0 aliphatic rings. The minimum absolute atomic E-state index is 0.0508. The number of aromatic carboxylic acids is 1. The van der Waals surface area contributed by atoms with Crippen molar-refractivity contribution in [2.45, 2.75) is 6.92 Å². The summed E-state index contributed by atoms with van der Waals surface area (Å²) in [4.78, 5) is 24.1. The van der Waals surface area contributed by atoms with E-state index in [9.17, 15) is 9.59 Å². The average Bonchev–Trinajstić information content (AvgIpc) is 2.37. The average molecular weight is 285 g/mol. The van der Waals surface area contributed by atoms with Crippen LogP contribution < -0.4 is 10.2 Å². The first kappa shape index (κ1) is 15.3. The molecule has 0 saturated heterocycles. The van der Waals surface area contributed by atoms with Gasteiger partial charge in [-0.15, -0.1) is 0 Å². The molecule has 104 valence electrons. The fourth-order valence-corrected chi connectivity index (χ4v) is 2.11. The third-order valence-electron chi connectivity index (χ3n) is 2.85. The van der Waals surface area contributed by atoms with Crippen LogP contribution in [-0.4, -0.2) is 37.6 Å². The Kier molecular flexibility index (Phi) is 5.18. The predicted octanol–water partition coefficient (Wildman–Crippen LogP) is 1.86. The van der Waals surface area contributed by atoms with Crippen LogP contribution in [0.25, 0.3) is 0 Å². The van der Waals surface area contributed by atoms with E-state index in [-0.39, 0.29) is 17.4 Å². The van der Waals surface area contributed by atoms with Gasteiger partial charge in [0.2, 0.25) is 5.91 Å². The maximum absolute atomic E-state index is 11.5. The molecule has 19 heavy (non-hydrogen) atoms. The van der Waals surface area contributed by atoms with Gasteiger partial charge in [-0.3, -0.25) is 4.79 Å². The molecule has 2 N–H and O–H groups in total. The van der Waals surface area contributed by atoms with Crippen molar-refractivity contribution < 1.29 is 14.7 Å². The number of rotatable bonds is 5. The Labute approximate surface area is 117 Å². The maximum Gasteiger partial charge on any atom is 0.335 e. The van der Waals surface area contributed by atoms with Gasteiger partial charge in [0.05, 0.1) is 22.2 Å². The fourth-order valence-electron chi connectivity index (χ4n) is 1.79. The molecule has 1 amide bonds. The van der Waals surface area contributed by atoms with Crippen molar-refractivity contribution in [1.29, 1.82) is 0 Å². The Bertz CT molecular complexity index is 491. The lowest BCUT2D eigenvalue weighted by molar-refractivity contribution is -0.123. The van der Waals surface area contributed by atoms with Crippen molar-refractivity contribution in [3.8, 4) is 0 Å². The van der Waals surface area contributed by atoms with Crippen LogP contribution in [0, 0.1) is 5.92 Å². The summed E-state index contributed by atoms with van der Waals surface area (Å²) in [6.07, 6.45) is 0. The number of carboxylic acids is 1. The van der Waals surface area contributed by atoms with Gasteiger partial charge in [0.25, 0.3) is 0 Å². The second kappa shape index (κ2) is 6.43. The number of nitrogens with one attached hydrogen (secondary N) is 1. The topological polar surface area (TPSA) is 69.6 Å². The minimum Gasteiger partial charge on any atom is -0.478 e. The third kappa shape index (κ3) is 3.86. The Morgan fingerprint density at radius 3 is 2.58 bits per heavy atom. The van der Waals surface area contributed by atoms with Crippen LogP contribution in [0.15, 0.2) is 18.2 Å².